The second-order valence-electron chi connectivity index (χ2n) is 8.05. The van der Waals surface area contributed by atoms with Gasteiger partial charge >= 0.3 is 6.18 Å². The molecule has 2 aromatic carbocycles. The molecule has 5 rings (SSSR count). The average Bonchev–Trinajstić information content (AvgIpc) is 3.46. The summed E-state index contributed by atoms with van der Waals surface area (Å²) in [5.41, 5.74) is 2.64. The van der Waals surface area contributed by atoms with Gasteiger partial charge in [0.05, 0.1) is 47.0 Å². The fourth-order valence-electron chi connectivity index (χ4n) is 3.81. The number of carbonyl (C=O) groups is 1. The lowest BCUT2D eigenvalue weighted by atomic mass is 10.0. The fraction of sp³-hybridized carbons (Fsp3) is 0.120. The minimum absolute atomic E-state index is 0.128. The van der Waals surface area contributed by atoms with Gasteiger partial charge in [0.25, 0.3) is 5.91 Å². The van der Waals surface area contributed by atoms with E-state index in [4.69, 9.17) is 0 Å². The molecule has 0 aliphatic rings. The first-order valence-corrected chi connectivity index (χ1v) is 10.6. The van der Waals surface area contributed by atoms with Crippen LogP contribution in [0.4, 0.5) is 18.9 Å². The fourth-order valence-corrected chi connectivity index (χ4v) is 3.81. The van der Waals surface area contributed by atoms with E-state index in [2.05, 4.69) is 20.5 Å². The number of pyridine rings is 1. The third-order valence-corrected chi connectivity index (χ3v) is 5.45. The van der Waals surface area contributed by atoms with Crippen molar-refractivity contribution in [1.29, 1.82) is 0 Å². The van der Waals surface area contributed by atoms with Crippen molar-refractivity contribution in [3.05, 3.63) is 96.1 Å². The average molecular weight is 476 g/mol. The number of aromatic nitrogens is 5. The van der Waals surface area contributed by atoms with Crippen molar-refractivity contribution in [3.63, 3.8) is 0 Å². The second-order valence-corrected chi connectivity index (χ2v) is 8.05. The smallest absolute Gasteiger partial charge is 0.319 e. The highest BCUT2D eigenvalue weighted by Gasteiger charge is 2.30. The quantitative estimate of drug-likeness (QED) is 0.381. The Morgan fingerprint density at radius 3 is 2.60 bits per heavy atom. The molecule has 5 aromatic rings. The van der Waals surface area contributed by atoms with Gasteiger partial charge in [-0.15, -0.1) is 0 Å². The van der Waals surface area contributed by atoms with Crippen LogP contribution >= 0.6 is 0 Å². The van der Waals surface area contributed by atoms with Gasteiger partial charge in [-0.2, -0.15) is 23.4 Å². The van der Waals surface area contributed by atoms with Crippen molar-refractivity contribution < 1.29 is 18.0 Å². The Morgan fingerprint density at radius 2 is 1.83 bits per heavy atom. The normalized spacial score (nSPS) is 11.7. The molecule has 0 fully saturated rings. The summed E-state index contributed by atoms with van der Waals surface area (Å²) < 4.78 is 42.1. The van der Waals surface area contributed by atoms with Gasteiger partial charge in [0.2, 0.25) is 0 Å². The van der Waals surface area contributed by atoms with Crippen LogP contribution in [-0.2, 0) is 19.8 Å². The first kappa shape index (κ1) is 22.3. The van der Waals surface area contributed by atoms with Crippen LogP contribution in [0.5, 0.6) is 0 Å². The summed E-state index contributed by atoms with van der Waals surface area (Å²) in [5, 5.41) is 11.9. The number of aryl methyl sites for hydroxylation is 1. The lowest BCUT2D eigenvalue weighted by Gasteiger charge is -2.09. The molecule has 0 atom stereocenters. The largest absolute Gasteiger partial charge is 0.416 e. The Kier molecular flexibility index (Phi) is 5.56. The van der Waals surface area contributed by atoms with Crippen molar-refractivity contribution >= 4 is 22.5 Å². The van der Waals surface area contributed by atoms with E-state index in [9.17, 15) is 18.0 Å². The summed E-state index contributed by atoms with van der Waals surface area (Å²) in [7, 11) is 1.80. The third kappa shape index (κ3) is 4.77. The predicted molar refractivity (Wildman–Crippen MR) is 125 cm³/mol. The molecule has 0 unspecified atom stereocenters. The van der Waals surface area contributed by atoms with E-state index in [1.165, 1.54) is 16.9 Å². The molecule has 0 radical (unpaired) electrons. The van der Waals surface area contributed by atoms with E-state index < -0.39 is 11.7 Å². The molecule has 0 bridgehead atoms. The number of anilines is 1. The number of hydrogen-bond donors (Lipinski definition) is 1. The zero-order chi connectivity index (χ0) is 24.6. The van der Waals surface area contributed by atoms with Gasteiger partial charge in [0.1, 0.15) is 0 Å². The lowest BCUT2D eigenvalue weighted by Crippen LogP contribution is -2.12. The third-order valence-electron chi connectivity index (χ3n) is 5.45. The van der Waals surface area contributed by atoms with Crippen molar-refractivity contribution in [2.75, 3.05) is 5.32 Å². The molecule has 0 aliphatic heterocycles. The van der Waals surface area contributed by atoms with Gasteiger partial charge < -0.3 is 5.32 Å². The summed E-state index contributed by atoms with van der Waals surface area (Å²) in [6, 6.07) is 14.1. The van der Waals surface area contributed by atoms with Crippen LogP contribution in [0.3, 0.4) is 0 Å². The zero-order valence-electron chi connectivity index (χ0n) is 18.5. The van der Waals surface area contributed by atoms with Gasteiger partial charge in [-0.05, 0) is 29.8 Å². The second kappa shape index (κ2) is 8.71. The van der Waals surface area contributed by atoms with Crippen LogP contribution in [0.1, 0.15) is 21.5 Å². The summed E-state index contributed by atoms with van der Waals surface area (Å²) in [6.45, 7) is 0.128. The maximum atomic E-state index is 13.2. The van der Waals surface area contributed by atoms with Gasteiger partial charge in [-0.3, -0.25) is 14.2 Å². The molecule has 0 saturated heterocycles. The molecular weight excluding hydrogens is 457 g/mol. The predicted octanol–water partition coefficient (Wildman–Crippen LogP) is 5.15. The molecule has 3 aromatic heterocycles. The van der Waals surface area contributed by atoms with Gasteiger partial charge in [-0.1, -0.05) is 30.3 Å². The topological polar surface area (TPSA) is 77.6 Å². The number of para-hydroxylation sites is 1. The number of carbonyl (C=O) groups excluding carboxylic acids is 1. The molecule has 1 N–H and O–H groups in total. The lowest BCUT2D eigenvalue weighted by molar-refractivity contribution is -0.137. The number of fused-ring (bicyclic) bond motifs is 1. The van der Waals surface area contributed by atoms with E-state index >= 15 is 0 Å². The molecule has 0 spiro atoms. The number of alkyl halides is 3. The molecule has 0 aliphatic carbocycles. The Morgan fingerprint density at radius 1 is 1.00 bits per heavy atom. The Hall–Kier alpha value is -4.47. The first-order valence-electron chi connectivity index (χ1n) is 10.6. The Labute approximate surface area is 197 Å². The van der Waals surface area contributed by atoms with Crippen molar-refractivity contribution in [2.45, 2.75) is 12.7 Å². The number of nitrogens with zero attached hydrogens (tertiary/aromatic N) is 5. The minimum atomic E-state index is -4.42. The molecule has 3 heterocycles. The maximum Gasteiger partial charge on any atom is 0.416 e. The van der Waals surface area contributed by atoms with Crippen LogP contribution in [0.2, 0.25) is 0 Å². The highest BCUT2D eigenvalue weighted by Crippen LogP contribution is 2.30. The molecule has 176 valence electrons. The van der Waals surface area contributed by atoms with Gasteiger partial charge in [0.15, 0.2) is 0 Å². The van der Waals surface area contributed by atoms with Crippen molar-refractivity contribution in [3.8, 4) is 11.3 Å². The number of rotatable bonds is 5. The first-order chi connectivity index (χ1) is 16.8. The molecule has 35 heavy (non-hydrogen) atoms. The monoisotopic (exact) mass is 476 g/mol. The van der Waals surface area contributed by atoms with Crippen LogP contribution in [0, 0.1) is 0 Å². The van der Waals surface area contributed by atoms with E-state index in [0.29, 0.717) is 33.4 Å². The summed E-state index contributed by atoms with van der Waals surface area (Å²) in [4.78, 5) is 17.9. The van der Waals surface area contributed by atoms with Gasteiger partial charge in [0, 0.05) is 30.4 Å². The van der Waals surface area contributed by atoms with Crippen molar-refractivity contribution in [1.82, 2.24) is 24.5 Å². The number of halogens is 3. The van der Waals surface area contributed by atoms with Crippen molar-refractivity contribution in [2.24, 2.45) is 7.05 Å². The van der Waals surface area contributed by atoms with Gasteiger partial charge in [-0.25, -0.2) is 4.98 Å². The molecule has 7 nitrogen and oxygen atoms in total. The highest BCUT2D eigenvalue weighted by molar-refractivity contribution is 6.13. The van der Waals surface area contributed by atoms with E-state index in [1.807, 2.05) is 30.5 Å². The number of amides is 1. The van der Waals surface area contributed by atoms with Crippen LogP contribution < -0.4 is 5.32 Å². The standard InChI is InChI=1S/C25H19F3N6O/c1-33-14-17(11-29-33)23-10-21(20-7-2-3-8-22(20)32-23)24(35)31-19-12-30-34(15-19)13-16-5-4-6-18(9-16)25(26,27)28/h2-12,14-15H,13H2,1H3,(H,31,35). The summed E-state index contributed by atoms with van der Waals surface area (Å²) in [6.07, 6.45) is 2.11. The zero-order valence-corrected chi connectivity index (χ0v) is 18.5. The maximum absolute atomic E-state index is 13.2. The van der Waals surface area contributed by atoms with E-state index in [0.717, 1.165) is 17.7 Å². The minimum Gasteiger partial charge on any atom is -0.319 e. The summed E-state index contributed by atoms with van der Waals surface area (Å²) >= 11 is 0. The van der Waals surface area contributed by atoms with Crippen LogP contribution in [0.25, 0.3) is 22.2 Å². The van der Waals surface area contributed by atoms with Crippen LogP contribution in [-0.4, -0.2) is 30.5 Å². The number of hydrogen-bond acceptors (Lipinski definition) is 4. The van der Waals surface area contributed by atoms with E-state index in [-0.39, 0.29) is 12.5 Å². The summed E-state index contributed by atoms with van der Waals surface area (Å²) in [5.74, 6) is -0.354. The number of nitrogens with one attached hydrogen (secondary N) is 1. The molecule has 0 saturated carbocycles. The highest BCUT2D eigenvalue weighted by atomic mass is 19.4. The molecule has 1 amide bonds. The van der Waals surface area contributed by atoms with Crippen LogP contribution in [0.15, 0.2) is 79.4 Å². The Bertz CT molecular complexity index is 1540. The molecule has 10 heteroatoms. The number of benzene rings is 2. The SMILES string of the molecule is Cn1cc(-c2cc(C(=O)Nc3cnn(Cc4cccc(C(F)(F)F)c4)c3)c3ccccc3n2)cn1. The molecular formula is C25H19F3N6O. The Balaban J connectivity index is 1.40. The van der Waals surface area contributed by atoms with E-state index in [1.54, 1.807) is 36.3 Å².